The molecule has 3 aromatic heterocycles. The van der Waals surface area contributed by atoms with Gasteiger partial charge in [0.25, 0.3) is 0 Å². The van der Waals surface area contributed by atoms with E-state index in [4.69, 9.17) is 4.74 Å². The molecule has 0 aliphatic rings. The summed E-state index contributed by atoms with van der Waals surface area (Å²) in [6.45, 7) is 1.94. The van der Waals surface area contributed by atoms with Crippen molar-refractivity contribution in [1.29, 1.82) is 0 Å². The van der Waals surface area contributed by atoms with Crippen molar-refractivity contribution in [2.75, 3.05) is 12.9 Å². The molecule has 0 aromatic carbocycles. The van der Waals surface area contributed by atoms with E-state index in [2.05, 4.69) is 15.0 Å². The molecule has 0 atom stereocenters. The molecule has 3 heterocycles. The normalized spacial score (nSPS) is 11.8. The summed E-state index contributed by atoms with van der Waals surface area (Å²) < 4.78 is 45.1. The molecule has 0 radical (unpaired) electrons. The molecule has 0 amide bonds. The molecule has 0 N–H and O–H groups in total. The van der Waals surface area contributed by atoms with Crippen LogP contribution in [0.25, 0.3) is 22.7 Å². The molecule has 0 aliphatic carbocycles. The highest BCUT2D eigenvalue weighted by Crippen LogP contribution is 2.34. The molecular formula is C17H15F3N4O2S. The number of pyridine rings is 2. The number of nitrogens with zero attached hydrogens (tertiary/aromatic N) is 4. The Kier molecular flexibility index (Phi) is 5.09. The van der Waals surface area contributed by atoms with Crippen LogP contribution in [0.4, 0.5) is 13.2 Å². The second-order valence-corrected chi connectivity index (χ2v) is 6.86. The predicted octanol–water partition coefficient (Wildman–Crippen LogP) is 3.95. The Morgan fingerprint density at radius 2 is 2.00 bits per heavy atom. The third kappa shape index (κ3) is 3.61. The smallest absolute Gasteiger partial charge is 0.417 e. The van der Waals surface area contributed by atoms with Gasteiger partial charge >= 0.3 is 12.1 Å². The minimum atomic E-state index is -4.50. The number of esters is 1. The average molecular weight is 396 g/mol. The first kappa shape index (κ1) is 19.2. The molecule has 0 aliphatic heterocycles. The Balaban J connectivity index is 2.16. The largest absolute Gasteiger partial charge is 0.465 e. The quantitative estimate of drug-likeness (QED) is 0.491. The molecule has 0 saturated carbocycles. The molecule has 0 fully saturated rings. The van der Waals surface area contributed by atoms with Gasteiger partial charge in [0.2, 0.25) is 0 Å². The van der Waals surface area contributed by atoms with Crippen molar-refractivity contribution in [3.8, 4) is 11.5 Å². The van der Waals surface area contributed by atoms with Gasteiger partial charge < -0.3 is 9.30 Å². The zero-order valence-corrected chi connectivity index (χ0v) is 15.5. The van der Waals surface area contributed by atoms with Crippen molar-refractivity contribution >= 4 is 28.9 Å². The maximum Gasteiger partial charge on any atom is 0.417 e. The zero-order chi connectivity index (χ0) is 19.8. The van der Waals surface area contributed by atoms with Crippen molar-refractivity contribution < 1.29 is 22.7 Å². The highest BCUT2D eigenvalue weighted by Gasteiger charge is 2.32. The second-order valence-electron chi connectivity index (χ2n) is 5.55. The molecule has 0 spiro atoms. The SMILES string of the molecule is CCSc1cc(C(=O)OC)cnc1-c1nc2cc(C(F)(F)F)cnc2n1C. The number of thioether (sulfide) groups is 1. The van der Waals surface area contributed by atoms with Crippen molar-refractivity contribution in [2.24, 2.45) is 7.05 Å². The van der Waals surface area contributed by atoms with Crippen molar-refractivity contribution in [1.82, 2.24) is 19.5 Å². The number of carbonyl (C=O) groups excluding carboxylic acids is 1. The van der Waals surface area contributed by atoms with E-state index >= 15 is 0 Å². The number of aryl methyl sites for hydroxylation is 1. The molecule has 3 aromatic rings. The van der Waals surface area contributed by atoms with E-state index in [9.17, 15) is 18.0 Å². The van der Waals surface area contributed by atoms with Crippen LogP contribution in [0.5, 0.6) is 0 Å². The highest BCUT2D eigenvalue weighted by molar-refractivity contribution is 7.99. The van der Waals surface area contributed by atoms with E-state index in [0.29, 0.717) is 27.8 Å². The Labute approximate surface area is 156 Å². The predicted molar refractivity (Wildman–Crippen MR) is 94.5 cm³/mol. The number of rotatable bonds is 4. The molecule has 0 bridgehead atoms. The molecule has 6 nitrogen and oxygen atoms in total. The minimum absolute atomic E-state index is 0.119. The summed E-state index contributed by atoms with van der Waals surface area (Å²) in [4.78, 5) is 24.9. The van der Waals surface area contributed by atoms with E-state index in [1.165, 1.54) is 25.1 Å². The second kappa shape index (κ2) is 7.18. The van der Waals surface area contributed by atoms with Crippen LogP contribution >= 0.6 is 11.8 Å². The van der Waals surface area contributed by atoms with Crippen molar-refractivity contribution in [3.05, 3.63) is 35.7 Å². The van der Waals surface area contributed by atoms with Crippen LogP contribution in [0.2, 0.25) is 0 Å². The first-order valence-corrected chi connectivity index (χ1v) is 8.86. The summed E-state index contributed by atoms with van der Waals surface area (Å²) in [5, 5.41) is 0. The minimum Gasteiger partial charge on any atom is -0.465 e. The van der Waals surface area contributed by atoms with Gasteiger partial charge in [-0.3, -0.25) is 4.98 Å². The zero-order valence-electron chi connectivity index (χ0n) is 14.7. The van der Waals surface area contributed by atoms with Gasteiger partial charge in [0.1, 0.15) is 11.2 Å². The number of halogens is 3. The number of aromatic nitrogens is 4. The molecule has 0 saturated heterocycles. The molecule has 3 rings (SSSR count). The van der Waals surface area contributed by atoms with Crippen LogP contribution in [0, 0.1) is 0 Å². The number of ether oxygens (including phenoxy) is 1. The number of hydrogen-bond donors (Lipinski definition) is 0. The lowest BCUT2D eigenvalue weighted by Crippen LogP contribution is -2.05. The van der Waals surface area contributed by atoms with Crippen LogP contribution in [0.1, 0.15) is 22.8 Å². The number of fused-ring (bicyclic) bond motifs is 1. The molecule has 0 unspecified atom stereocenters. The highest BCUT2D eigenvalue weighted by atomic mass is 32.2. The lowest BCUT2D eigenvalue weighted by molar-refractivity contribution is -0.137. The van der Waals surface area contributed by atoms with Gasteiger partial charge in [0.05, 0.1) is 18.2 Å². The Bertz CT molecular complexity index is 1020. The maximum absolute atomic E-state index is 12.9. The van der Waals surface area contributed by atoms with Gasteiger partial charge in [0.15, 0.2) is 11.5 Å². The standard InChI is InChI=1S/C17H15F3N4O2S/c1-4-27-12-5-9(16(25)26-3)7-21-13(12)15-23-11-6-10(17(18,19)20)8-22-14(11)24(15)2/h5-8H,4H2,1-3H3. The van der Waals surface area contributed by atoms with Crippen LogP contribution in [0.15, 0.2) is 29.4 Å². The summed E-state index contributed by atoms with van der Waals surface area (Å²) in [7, 11) is 2.93. The van der Waals surface area contributed by atoms with Gasteiger partial charge in [-0.25, -0.2) is 14.8 Å². The molecule has 10 heteroatoms. The Hall–Kier alpha value is -2.62. The van der Waals surface area contributed by atoms with E-state index in [1.807, 2.05) is 6.92 Å². The average Bonchev–Trinajstić information content (AvgIpc) is 2.96. The molecular weight excluding hydrogens is 381 g/mol. The lowest BCUT2D eigenvalue weighted by Gasteiger charge is -2.09. The van der Waals surface area contributed by atoms with Gasteiger partial charge in [-0.05, 0) is 17.9 Å². The third-order valence-electron chi connectivity index (χ3n) is 3.82. The van der Waals surface area contributed by atoms with Crippen LogP contribution < -0.4 is 0 Å². The molecule has 27 heavy (non-hydrogen) atoms. The fraction of sp³-hybridized carbons (Fsp3) is 0.294. The Morgan fingerprint density at radius 1 is 1.26 bits per heavy atom. The first-order chi connectivity index (χ1) is 12.8. The van der Waals surface area contributed by atoms with Crippen molar-refractivity contribution in [3.63, 3.8) is 0 Å². The van der Waals surface area contributed by atoms with Gasteiger partial charge in [0, 0.05) is 24.3 Å². The number of imidazole rings is 1. The lowest BCUT2D eigenvalue weighted by atomic mass is 10.2. The summed E-state index contributed by atoms with van der Waals surface area (Å²) in [6, 6.07) is 2.59. The van der Waals surface area contributed by atoms with E-state index in [1.54, 1.807) is 17.7 Å². The van der Waals surface area contributed by atoms with E-state index in [-0.39, 0.29) is 11.1 Å². The summed E-state index contributed by atoms with van der Waals surface area (Å²) in [5.74, 6) is 0.553. The van der Waals surface area contributed by atoms with E-state index < -0.39 is 17.7 Å². The van der Waals surface area contributed by atoms with Crippen LogP contribution in [0.3, 0.4) is 0 Å². The number of methoxy groups -OCH3 is 1. The van der Waals surface area contributed by atoms with Gasteiger partial charge in [-0.15, -0.1) is 11.8 Å². The van der Waals surface area contributed by atoms with Crippen LogP contribution in [-0.2, 0) is 18.0 Å². The number of alkyl halides is 3. The molecule has 142 valence electrons. The maximum atomic E-state index is 12.9. The van der Waals surface area contributed by atoms with Crippen LogP contribution in [-0.4, -0.2) is 38.4 Å². The first-order valence-electron chi connectivity index (χ1n) is 7.87. The van der Waals surface area contributed by atoms with E-state index in [0.717, 1.165) is 12.3 Å². The summed E-state index contributed by atoms with van der Waals surface area (Å²) >= 11 is 1.44. The van der Waals surface area contributed by atoms with Gasteiger partial charge in [-0.1, -0.05) is 6.92 Å². The Morgan fingerprint density at radius 3 is 2.63 bits per heavy atom. The summed E-state index contributed by atoms with van der Waals surface area (Å²) in [6.07, 6.45) is -2.36. The monoisotopic (exact) mass is 396 g/mol. The fourth-order valence-corrected chi connectivity index (χ4v) is 3.35. The number of carbonyl (C=O) groups is 1. The van der Waals surface area contributed by atoms with Crippen molar-refractivity contribution in [2.45, 2.75) is 18.0 Å². The fourth-order valence-electron chi connectivity index (χ4n) is 2.55. The summed E-state index contributed by atoms with van der Waals surface area (Å²) in [5.41, 5.74) is 0.312. The third-order valence-corrected chi connectivity index (χ3v) is 4.73. The van der Waals surface area contributed by atoms with Gasteiger partial charge in [-0.2, -0.15) is 13.2 Å². The topological polar surface area (TPSA) is 69.9 Å². The number of hydrogen-bond acceptors (Lipinski definition) is 6.